The van der Waals surface area contributed by atoms with Gasteiger partial charge in [-0.2, -0.15) is 0 Å². The Morgan fingerprint density at radius 1 is 1.36 bits per heavy atom. The zero-order valence-corrected chi connectivity index (χ0v) is 8.83. The average Bonchev–Trinajstić information content (AvgIpc) is 2.25. The Labute approximate surface area is 86.4 Å². The monoisotopic (exact) mass is 190 g/mol. The van der Waals surface area contributed by atoms with Crippen molar-refractivity contribution in [2.45, 2.75) is 25.7 Å². The van der Waals surface area contributed by atoms with Crippen molar-refractivity contribution in [2.24, 2.45) is 0 Å². The molecule has 0 aliphatic rings. The van der Waals surface area contributed by atoms with E-state index < -0.39 is 0 Å². The van der Waals surface area contributed by atoms with Crippen LogP contribution < -0.4 is 4.74 Å². The van der Waals surface area contributed by atoms with Crippen LogP contribution in [0.25, 0.3) is 0 Å². The van der Waals surface area contributed by atoms with Crippen molar-refractivity contribution in [1.29, 1.82) is 0 Å². The molecule has 0 saturated heterocycles. The van der Waals surface area contributed by atoms with Gasteiger partial charge in [0.15, 0.2) is 0 Å². The van der Waals surface area contributed by atoms with Crippen LogP contribution in [0.15, 0.2) is 36.9 Å². The van der Waals surface area contributed by atoms with Crippen LogP contribution in [0.2, 0.25) is 0 Å². The molecule has 0 aromatic heterocycles. The molecule has 0 radical (unpaired) electrons. The van der Waals surface area contributed by atoms with Crippen LogP contribution in [-0.2, 0) is 6.42 Å². The summed E-state index contributed by atoms with van der Waals surface area (Å²) in [4.78, 5) is 0. The number of allylic oxidation sites excluding steroid dienone is 1. The maximum atomic E-state index is 5.17. The second kappa shape index (κ2) is 6.25. The molecule has 0 saturated carbocycles. The number of benzene rings is 1. The smallest absolute Gasteiger partial charge is 0.119 e. The molecule has 0 bridgehead atoms. The molecule has 1 rings (SSSR count). The summed E-state index contributed by atoms with van der Waals surface area (Å²) in [6, 6.07) is 8.28. The Hall–Kier alpha value is -1.24. The summed E-state index contributed by atoms with van der Waals surface area (Å²) in [6.45, 7) is 3.71. The van der Waals surface area contributed by atoms with Crippen molar-refractivity contribution in [1.82, 2.24) is 0 Å². The SMILES string of the molecule is C=CCCCCc1cccc(OC)c1. The molecule has 1 heteroatoms. The molecule has 1 nitrogen and oxygen atoms in total. The third-order valence-electron chi connectivity index (χ3n) is 2.26. The normalized spacial score (nSPS) is 9.79. The van der Waals surface area contributed by atoms with Gasteiger partial charge < -0.3 is 4.74 Å². The van der Waals surface area contributed by atoms with E-state index in [2.05, 4.69) is 18.7 Å². The second-order valence-corrected chi connectivity index (χ2v) is 3.39. The van der Waals surface area contributed by atoms with Gasteiger partial charge in [0, 0.05) is 0 Å². The first-order chi connectivity index (χ1) is 6.86. The number of rotatable bonds is 6. The average molecular weight is 190 g/mol. The van der Waals surface area contributed by atoms with Gasteiger partial charge >= 0.3 is 0 Å². The van der Waals surface area contributed by atoms with Crippen molar-refractivity contribution < 1.29 is 4.74 Å². The predicted molar refractivity (Wildman–Crippen MR) is 60.7 cm³/mol. The highest BCUT2D eigenvalue weighted by Crippen LogP contribution is 2.14. The van der Waals surface area contributed by atoms with Gasteiger partial charge in [-0.3, -0.25) is 0 Å². The van der Waals surface area contributed by atoms with Crippen LogP contribution in [0.1, 0.15) is 24.8 Å². The molecule has 0 N–H and O–H groups in total. The van der Waals surface area contributed by atoms with Gasteiger partial charge in [0.05, 0.1) is 7.11 Å². The molecule has 14 heavy (non-hydrogen) atoms. The van der Waals surface area contributed by atoms with E-state index in [4.69, 9.17) is 4.74 Å². The molecule has 0 amide bonds. The van der Waals surface area contributed by atoms with Gasteiger partial charge in [0.1, 0.15) is 5.75 Å². The number of methoxy groups -OCH3 is 1. The first kappa shape index (κ1) is 10.8. The van der Waals surface area contributed by atoms with Crippen LogP contribution in [0.3, 0.4) is 0 Å². The molecule has 0 fully saturated rings. The van der Waals surface area contributed by atoms with E-state index in [0.717, 1.165) is 18.6 Å². The standard InChI is InChI=1S/C13H18O/c1-3-4-5-6-8-12-9-7-10-13(11-12)14-2/h3,7,9-11H,1,4-6,8H2,2H3. The van der Waals surface area contributed by atoms with Gasteiger partial charge in [-0.25, -0.2) is 0 Å². The fourth-order valence-corrected chi connectivity index (χ4v) is 1.45. The number of hydrogen-bond donors (Lipinski definition) is 0. The lowest BCUT2D eigenvalue weighted by atomic mass is 10.1. The summed E-state index contributed by atoms with van der Waals surface area (Å²) in [6.07, 6.45) is 6.67. The highest BCUT2D eigenvalue weighted by Gasteiger charge is 1.95. The number of hydrogen-bond acceptors (Lipinski definition) is 1. The third kappa shape index (κ3) is 3.65. The first-order valence-electron chi connectivity index (χ1n) is 5.10. The van der Waals surface area contributed by atoms with Gasteiger partial charge in [-0.15, -0.1) is 6.58 Å². The Morgan fingerprint density at radius 3 is 2.93 bits per heavy atom. The van der Waals surface area contributed by atoms with Crippen molar-refractivity contribution in [2.75, 3.05) is 7.11 Å². The third-order valence-corrected chi connectivity index (χ3v) is 2.26. The van der Waals surface area contributed by atoms with Crippen molar-refractivity contribution >= 4 is 0 Å². The quantitative estimate of drug-likeness (QED) is 0.492. The van der Waals surface area contributed by atoms with E-state index in [1.807, 2.05) is 18.2 Å². The van der Waals surface area contributed by atoms with Gasteiger partial charge in [-0.1, -0.05) is 18.2 Å². The minimum atomic E-state index is 0.950. The molecule has 0 heterocycles. The lowest BCUT2D eigenvalue weighted by Gasteiger charge is -2.03. The zero-order chi connectivity index (χ0) is 10.2. The van der Waals surface area contributed by atoms with E-state index in [-0.39, 0.29) is 0 Å². The Bertz CT molecular complexity index is 278. The number of aryl methyl sites for hydroxylation is 1. The topological polar surface area (TPSA) is 9.23 Å². The Morgan fingerprint density at radius 2 is 2.21 bits per heavy atom. The second-order valence-electron chi connectivity index (χ2n) is 3.39. The van der Waals surface area contributed by atoms with Crippen LogP contribution >= 0.6 is 0 Å². The van der Waals surface area contributed by atoms with E-state index >= 15 is 0 Å². The van der Waals surface area contributed by atoms with Crippen molar-refractivity contribution in [3.05, 3.63) is 42.5 Å². The summed E-state index contributed by atoms with van der Waals surface area (Å²) < 4.78 is 5.17. The Balaban J connectivity index is 2.38. The summed E-state index contributed by atoms with van der Waals surface area (Å²) in [5.74, 6) is 0.950. The maximum absolute atomic E-state index is 5.17. The maximum Gasteiger partial charge on any atom is 0.119 e. The summed E-state index contributed by atoms with van der Waals surface area (Å²) >= 11 is 0. The van der Waals surface area contributed by atoms with Gasteiger partial charge in [0.2, 0.25) is 0 Å². The van der Waals surface area contributed by atoms with E-state index in [1.54, 1.807) is 7.11 Å². The van der Waals surface area contributed by atoms with Gasteiger partial charge in [0.25, 0.3) is 0 Å². The molecule has 0 atom stereocenters. The van der Waals surface area contributed by atoms with Crippen LogP contribution in [0.5, 0.6) is 5.75 Å². The molecule has 1 aromatic rings. The van der Waals surface area contributed by atoms with E-state index in [9.17, 15) is 0 Å². The molecule has 76 valence electrons. The van der Waals surface area contributed by atoms with E-state index in [0.29, 0.717) is 0 Å². The molecule has 0 unspecified atom stereocenters. The molecule has 1 aromatic carbocycles. The minimum absolute atomic E-state index is 0.950. The molecular formula is C13H18O. The van der Waals surface area contributed by atoms with Crippen molar-refractivity contribution in [3.63, 3.8) is 0 Å². The van der Waals surface area contributed by atoms with Gasteiger partial charge in [-0.05, 0) is 43.4 Å². The summed E-state index contributed by atoms with van der Waals surface area (Å²) in [5, 5.41) is 0. The molecule has 0 aliphatic carbocycles. The number of ether oxygens (including phenoxy) is 1. The Kier molecular flexibility index (Phi) is 4.84. The highest BCUT2D eigenvalue weighted by molar-refractivity contribution is 5.28. The largest absolute Gasteiger partial charge is 0.497 e. The van der Waals surface area contributed by atoms with Crippen molar-refractivity contribution in [3.8, 4) is 5.75 Å². The summed E-state index contributed by atoms with van der Waals surface area (Å²) in [7, 11) is 1.71. The molecule has 0 aliphatic heterocycles. The highest BCUT2D eigenvalue weighted by atomic mass is 16.5. The fraction of sp³-hybridized carbons (Fsp3) is 0.385. The fourth-order valence-electron chi connectivity index (χ4n) is 1.45. The first-order valence-corrected chi connectivity index (χ1v) is 5.10. The minimum Gasteiger partial charge on any atom is -0.497 e. The zero-order valence-electron chi connectivity index (χ0n) is 8.83. The van der Waals surface area contributed by atoms with Crippen LogP contribution in [0.4, 0.5) is 0 Å². The molecule has 0 spiro atoms. The predicted octanol–water partition coefficient (Wildman–Crippen LogP) is 3.59. The van der Waals surface area contributed by atoms with E-state index in [1.165, 1.54) is 18.4 Å². The molecular weight excluding hydrogens is 172 g/mol. The van der Waals surface area contributed by atoms with Crippen LogP contribution in [0, 0.1) is 0 Å². The van der Waals surface area contributed by atoms with Crippen LogP contribution in [-0.4, -0.2) is 7.11 Å². The summed E-state index contributed by atoms with van der Waals surface area (Å²) in [5.41, 5.74) is 1.36. The number of unbranched alkanes of at least 4 members (excludes halogenated alkanes) is 2. The lowest BCUT2D eigenvalue weighted by molar-refractivity contribution is 0.414. The lowest BCUT2D eigenvalue weighted by Crippen LogP contribution is -1.87.